The van der Waals surface area contributed by atoms with Crippen LogP contribution in [0.2, 0.25) is 0 Å². The zero-order valence-corrected chi connectivity index (χ0v) is 14.1. The lowest BCUT2D eigenvalue weighted by Crippen LogP contribution is -2.39. The number of rotatable bonds is 5. The van der Waals surface area contributed by atoms with Crippen LogP contribution in [0.15, 0.2) is 35.2 Å². The van der Waals surface area contributed by atoms with Gasteiger partial charge >= 0.3 is 0 Å². The molecule has 0 N–H and O–H groups in total. The van der Waals surface area contributed by atoms with Crippen molar-refractivity contribution in [2.45, 2.75) is 17.7 Å². The molecule has 126 valence electrons. The standard InChI is InChI=1S/C16H22N2O4S/c1-22-12-11-17-9-7-16(15(17)19)8-10-18(13-16)23(20,21)14-5-3-2-4-6-14/h2-6H,7-13H2,1H3. The molecule has 7 heteroatoms. The number of carbonyl (C=O) groups is 1. The van der Waals surface area contributed by atoms with Crippen LogP contribution in [-0.2, 0) is 19.6 Å². The van der Waals surface area contributed by atoms with E-state index in [0.29, 0.717) is 37.6 Å². The molecule has 2 saturated heterocycles. The van der Waals surface area contributed by atoms with Crippen molar-refractivity contribution in [3.63, 3.8) is 0 Å². The first-order valence-corrected chi connectivity index (χ1v) is 9.27. The van der Waals surface area contributed by atoms with Gasteiger partial charge in [-0.2, -0.15) is 4.31 Å². The lowest BCUT2D eigenvalue weighted by molar-refractivity contribution is -0.135. The summed E-state index contributed by atoms with van der Waals surface area (Å²) in [6.45, 7) is 2.45. The second-order valence-electron chi connectivity index (χ2n) is 6.22. The van der Waals surface area contributed by atoms with Crippen LogP contribution in [0.5, 0.6) is 0 Å². The number of sulfonamides is 1. The van der Waals surface area contributed by atoms with Gasteiger partial charge in [-0.25, -0.2) is 8.42 Å². The molecule has 0 bridgehead atoms. The van der Waals surface area contributed by atoms with Crippen LogP contribution in [0.1, 0.15) is 12.8 Å². The van der Waals surface area contributed by atoms with E-state index in [4.69, 9.17) is 4.74 Å². The van der Waals surface area contributed by atoms with Gasteiger partial charge in [0.15, 0.2) is 0 Å². The van der Waals surface area contributed by atoms with Crippen LogP contribution in [0.25, 0.3) is 0 Å². The Morgan fingerprint density at radius 1 is 1.17 bits per heavy atom. The Kier molecular flexibility index (Phi) is 4.44. The number of benzene rings is 1. The summed E-state index contributed by atoms with van der Waals surface area (Å²) in [6, 6.07) is 8.42. The van der Waals surface area contributed by atoms with Gasteiger partial charge in [-0.05, 0) is 25.0 Å². The third-order valence-electron chi connectivity index (χ3n) is 4.87. The highest BCUT2D eigenvalue weighted by Crippen LogP contribution is 2.42. The molecule has 1 aromatic rings. The van der Waals surface area contributed by atoms with Crippen molar-refractivity contribution in [3.8, 4) is 0 Å². The third-order valence-corrected chi connectivity index (χ3v) is 6.73. The van der Waals surface area contributed by atoms with Crippen molar-refractivity contribution in [1.29, 1.82) is 0 Å². The Labute approximate surface area is 137 Å². The molecule has 0 aliphatic carbocycles. The van der Waals surface area contributed by atoms with E-state index in [9.17, 15) is 13.2 Å². The van der Waals surface area contributed by atoms with Crippen molar-refractivity contribution in [2.24, 2.45) is 5.41 Å². The van der Waals surface area contributed by atoms with E-state index < -0.39 is 15.4 Å². The molecule has 2 aliphatic heterocycles. The first-order valence-electron chi connectivity index (χ1n) is 7.83. The van der Waals surface area contributed by atoms with Gasteiger partial charge < -0.3 is 9.64 Å². The van der Waals surface area contributed by atoms with Crippen LogP contribution in [-0.4, -0.2) is 63.4 Å². The van der Waals surface area contributed by atoms with E-state index >= 15 is 0 Å². The average molecular weight is 338 g/mol. The molecule has 3 rings (SSSR count). The maximum absolute atomic E-state index is 12.7. The molecule has 2 aliphatic rings. The zero-order chi connectivity index (χ0) is 16.5. The number of ether oxygens (including phenoxy) is 1. The summed E-state index contributed by atoms with van der Waals surface area (Å²) in [7, 11) is -1.91. The summed E-state index contributed by atoms with van der Waals surface area (Å²) in [6.07, 6.45) is 1.32. The molecule has 1 unspecified atom stereocenters. The molecule has 6 nitrogen and oxygen atoms in total. The monoisotopic (exact) mass is 338 g/mol. The van der Waals surface area contributed by atoms with Crippen LogP contribution >= 0.6 is 0 Å². The second-order valence-corrected chi connectivity index (χ2v) is 8.15. The predicted octanol–water partition coefficient (Wildman–Crippen LogP) is 0.946. The molecule has 2 fully saturated rings. The van der Waals surface area contributed by atoms with Crippen LogP contribution < -0.4 is 0 Å². The number of carbonyl (C=O) groups excluding carboxylic acids is 1. The highest BCUT2D eigenvalue weighted by atomic mass is 32.2. The smallest absolute Gasteiger partial charge is 0.243 e. The summed E-state index contributed by atoms with van der Waals surface area (Å²) < 4.78 is 31.9. The lowest BCUT2D eigenvalue weighted by Gasteiger charge is -2.23. The molecule has 2 heterocycles. The molecule has 1 aromatic carbocycles. The van der Waals surface area contributed by atoms with E-state index in [1.807, 2.05) is 0 Å². The zero-order valence-electron chi connectivity index (χ0n) is 13.3. The minimum absolute atomic E-state index is 0.0697. The Bertz CT molecular complexity index is 677. The van der Waals surface area contributed by atoms with Gasteiger partial charge in [-0.3, -0.25) is 4.79 Å². The Morgan fingerprint density at radius 3 is 2.57 bits per heavy atom. The summed E-state index contributed by atoms with van der Waals surface area (Å²) in [5, 5.41) is 0. The summed E-state index contributed by atoms with van der Waals surface area (Å²) in [4.78, 5) is 14.8. The topological polar surface area (TPSA) is 66.9 Å². The van der Waals surface area contributed by atoms with Crippen molar-refractivity contribution in [3.05, 3.63) is 30.3 Å². The highest BCUT2D eigenvalue weighted by Gasteiger charge is 2.52. The van der Waals surface area contributed by atoms with Gasteiger partial charge in [0.25, 0.3) is 0 Å². The first-order chi connectivity index (χ1) is 11.0. The Hall–Kier alpha value is -1.44. The number of amides is 1. The van der Waals surface area contributed by atoms with Gasteiger partial charge in [0.05, 0.1) is 16.9 Å². The Balaban J connectivity index is 1.75. The SMILES string of the molecule is COCCN1CCC2(CCN(S(=O)(=O)c3ccccc3)C2)C1=O. The fourth-order valence-electron chi connectivity index (χ4n) is 3.47. The minimum Gasteiger partial charge on any atom is -0.383 e. The summed E-state index contributed by atoms with van der Waals surface area (Å²) >= 11 is 0. The van der Waals surface area contributed by atoms with Crippen molar-refractivity contribution < 1.29 is 17.9 Å². The molecule has 1 spiro atoms. The second kappa shape index (κ2) is 6.22. The van der Waals surface area contributed by atoms with Crippen molar-refractivity contribution in [2.75, 3.05) is 39.9 Å². The largest absolute Gasteiger partial charge is 0.383 e. The van der Waals surface area contributed by atoms with E-state index in [1.165, 1.54) is 4.31 Å². The van der Waals surface area contributed by atoms with E-state index in [2.05, 4.69) is 0 Å². The van der Waals surface area contributed by atoms with Gasteiger partial charge in [0.1, 0.15) is 0 Å². The maximum atomic E-state index is 12.7. The molecule has 0 aromatic heterocycles. The van der Waals surface area contributed by atoms with Gasteiger partial charge in [-0.1, -0.05) is 18.2 Å². The maximum Gasteiger partial charge on any atom is 0.243 e. The van der Waals surface area contributed by atoms with Gasteiger partial charge in [0, 0.05) is 33.3 Å². The number of hydrogen-bond donors (Lipinski definition) is 0. The van der Waals surface area contributed by atoms with Gasteiger partial charge in [0.2, 0.25) is 15.9 Å². The normalized spacial score (nSPS) is 25.6. The van der Waals surface area contributed by atoms with Crippen molar-refractivity contribution >= 4 is 15.9 Å². The number of nitrogens with zero attached hydrogens (tertiary/aromatic N) is 2. The fourth-order valence-corrected chi connectivity index (χ4v) is 5.02. The number of methoxy groups -OCH3 is 1. The van der Waals surface area contributed by atoms with E-state index in [1.54, 1.807) is 42.3 Å². The van der Waals surface area contributed by atoms with Crippen LogP contribution in [0.3, 0.4) is 0 Å². The van der Waals surface area contributed by atoms with E-state index in [-0.39, 0.29) is 12.5 Å². The van der Waals surface area contributed by atoms with Crippen LogP contribution in [0.4, 0.5) is 0 Å². The van der Waals surface area contributed by atoms with Crippen molar-refractivity contribution in [1.82, 2.24) is 9.21 Å². The quantitative estimate of drug-likeness (QED) is 0.802. The minimum atomic E-state index is -3.52. The molecule has 0 radical (unpaired) electrons. The average Bonchev–Trinajstić information content (AvgIpc) is 3.13. The fraction of sp³-hybridized carbons (Fsp3) is 0.562. The first kappa shape index (κ1) is 16.4. The molecule has 23 heavy (non-hydrogen) atoms. The third kappa shape index (κ3) is 2.88. The number of hydrogen-bond acceptors (Lipinski definition) is 4. The van der Waals surface area contributed by atoms with E-state index in [0.717, 1.165) is 6.42 Å². The molecular formula is C16H22N2O4S. The molecule has 0 saturated carbocycles. The summed E-state index contributed by atoms with van der Waals surface area (Å²) in [5.41, 5.74) is -0.546. The molecule has 1 amide bonds. The Morgan fingerprint density at radius 2 is 1.87 bits per heavy atom. The predicted molar refractivity (Wildman–Crippen MR) is 85.3 cm³/mol. The lowest BCUT2D eigenvalue weighted by atomic mass is 9.86. The van der Waals surface area contributed by atoms with Gasteiger partial charge in [-0.15, -0.1) is 0 Å². The number of likely N-dealkylation sites (tertiary alicyclic amines) is 1. The summed E-state index contributed by atoms with van der Waals surface area (Å²) in [5.74, 6) is 0.0697. The molecule has 1 atom stereocenters. The molecular weight excluding hydrogens is 316 g/mol. The van der Waals surface area contributed by atoms with Crippen LogP contribution in [0, 0.1) is 5.41 Å². The highest BCUT2D eigenvalue weighted by molar-refractivity contribution is 7.89.